The monoisotopic (exact) mass is 277 g/mol. The lowest BCUT2D eigenvalue weighted by atomic mass is 10.1. The van der Waals surface area contributed by atoms with E-state index in [1.807, 2.05) is 12.1 Å². The van der Waals surface area contributed by atoms with Crippen molar-refractivity contribution < 1.29 is 19.1 Å². The minimum absolute atomic E-state index is 0.140. The first-order valence-electron chi connectivity index (χ1n) is 6.83. The van der Waals surface area contributed by atoms with Crippen LogP contribution in [-0.4, -0.2) is 40.6 Å². The van der Waals surface area contributed by atoms with Crippen molar-refractivity contribution >= 4 is 11.9 Å². The highest BCUT2D eigenvalue weighted by Crippen LogP contribution is 2.28. The smallest absolute Gasteiger partial charge is 0.343 e. The number of rotatable bonds is 2. The molecule has 3 rings (SSSR count). The lowest BCUT2D eigenvalue weighted by molar-refractivity contribution is -0.149. The fourth-order valence-electron chi connectivity index (χ4n) is 3.01. The van der Waals surface area contributed by atoms with Gasteiger partial charge in [-0.05, 0) is 42.5 Å². The van der Waals surface area contributed by atoms with Crippen molar-refractivity contribution in [3.63, 3.8) is 0 Å². The zero-order valence-electron chi connectivity index (χ0n) is 11.1. The zero-order valence-corrected chi connectivity index (χ0v) is 11.1. The number of carbonyl (C=O) groups excluding carboxylic acids is 1. The summed E-state index contributed by atoms with van der Waals surface area (Å²) in [7, 11) is 0. The number of aryl methyl sites for hydroxylation is 2. The van der Waals surface area contributed by atoms with Crippen molar-refractivity contribution in [2.45, 2.75) is 31.4 Å². The third-order valence-electron chi connectivity index (χ3n) is 4.24. The molecule has 1 atom stereocenters. The second-order valence-corrected chi connectivity index (χ2v) is 5.58. The molecular formula is C15H16FNO3. The van der Waals surface area contributed by atoms with E-state index in [9.17, 15) is 14.0 Å². The third-order valence-corrected chi connectivity index (χ3v) is 4.24. The molecule has 1 N–H and O–H groups in total. The number of likely N-dealkylation sites (tertiary alicyclic amines) is 1. The van der Waals surface area contributed by atoms with E-state index in [-0.39, 0.29) is 25.4 Å². The van der Waals surface area contributed by atoms with E-state index in [0.717, 1.165) is 19.3 Å². The summed E-state index contributed by atoms with van der Waals surface area (Å²) < 4.78 is 14.0. The van der Waals surface area contributed by atoms with Gasteiger partial charge >= 0.3 is 5.97 Å². The van der Waals surface area contributed by atoms with E-state index in [2.05, 4.69) is 0 Å². The Hall–Kier alpha value is -1.91. The van der Waals surface area contributed by atoms with Crippen LogP contribution in [0.1, 0.15) is 34.3 Å². The molecule has 0 bridgehead atoms. The van der Waals surface area contributed by atoms with Gasteiger partial charge in [0.2, 0.25) is 5.67 Å². The lowest BCUT2D eigenvalue weighted by Crippen LogP contribution is -2.38. The van der Waals surface area contributed by atoms with Crippen LogP contribution in [0.25, 0.3) is 0 Å². The third kappa shape index (κ3) is 2.07. The summed E-state index contributed by atoms with van der Waals surface area (Å²) in [6, 6.07) is 5.57. The van der Waals surface area contributed by atoms with Crippen LogP contribution in [0.4, 0.5) is 4.39 Å². The molecule has 5 heteroatoms. The predicted molar refractivity (Wildman–Crippen MR) is 70.5 cm³/mol. The van der Waals surface area contributed by atoms with Gasteiger partial charge in [-0.3, -0.25) is 4.79 Å². The van der Waals surface area contributed by atoms with Gasteiger partial charge in [0.05, 0.1) is 6.54 Å². The Bertz CT molecular complexity index is 586. The number of carboxylic acid groups (broad SMARTS) is 1. The number of carboxylic acids is 1. The molecule has 20 heavy (non-hydrogen) atoms. The lowest BCUT2D eigenvalue weighted by Gasteiger charge is -2.18. The molecule has 1 aliphatic carbocycles. The molecule has 0 radical (unpaired) electrons. The summed E-state index contributed by atoms with van der Waals surface area (Å²) in [6.45, 7) is -0.211. The van der Waals surface area contributed by atoms with Gasteiger partial charge < -0.3 is 10.0 Å². The van der Waals surface area contributed by atoms with Crippen LogP contribution in [0.2, 0.25) is 0 Å². The van der Waals surface area contributed by atoms with Crippen LogP contribution in [0.5, 0.6) is 0 Å². The van der Waals surface area contributed by atoms with E-state index in [1.54, 1.807) is 6.07 Å². The molecule has 1 saturated heterocycles. The highest BCUT2D eigenvalue weighted by atomic mass is 19.1. The Morgan fingerprint density at radius 3 is 2.70 bits per heavy atom. The van der Waals surface area contributed by atoms with E-state index >= 15 is 0 Å². The first kappa shape index (κ1) is 13.1. The number of amides is 1. The summed E-state index contributed by atoms with van der Waals surface area (Å²) in [5.41, 5.74) is 0.681. The SMILES string of the molecule is O=C(c1ccc2c(c1)CCC2)N1CCC(F)(C(=O)O)C1. The minimum Gasteiger partial charge on any atom is -0.479 e. The number of hydrogen-bond donors (Lipinski definition) is 1. The maximum Gasteiger partial charge on any atom is 0.343 e. The van der Waals surface area contributed by atoms with Crippen molar-refractivity contribution in [3.8, 4) is 0 Å². The number of carbonyl (C=O) groups is 2. The second-order valence-electron chi connectivity index (χ2n) is 5.58. The van der Waals surface area contributed by atoms with Crippen LogP contribution < -0.4 is 0 Å². The highest BCUT2D eigenvalue weighted by molar-refractivity contribution is 5.95. The van der Waals surface area contributed by atoms with Crippen molar-refractivity contribution in [2.24, 2.45) is 0 Å². The van der Waals surface area contributed by atoms with Gasteiger partial charge in [-0.1, -0.05) is 6.07 Å². The van der Waals surface area contributed by atoms with E-state index in [4.69, 9.17) is 5.11 Å². The van der Waals surface area contributed by atoms with Crippen LogP contribution in [0.15, 0.2) is 18.2 Å². The maximum absolute atomic E-state index is 14.0. The van der Waals surface area contributed by atoms with Gasteiger partial charge in [0.25, 0.3) is 5.91 Å². The van der Waals surface area contributed by atoms with Crippen LogP contribution >= 0.6 is 0 Å². The standard InChI is InChI=1S/C15H16FNO3/c16-15(14(19)20)6-7-17(9-15)13(18)12-5-4-10-2-1-3-11(10)8-12/h4-5,8H,1-3,6-7,9H2,(H,19,20). The maximum atomic E-state index is 14.0. The fourth-order valence-corrected chi connectivity index (χ4v) is 3.01. The van der Waals surface area contributed by atoms with E-state index < -0.39 is 11.6 Å². The van der Waals surface area contributed by atoms with Crippen molar-refractivity contribution in [1.29, 1.82) is 0 Å². The Kier molecular flexibility index (Phi) is 3.00. The molecule has 1 aromatic carbocycles. The normalized spacial score (nSPS) is 24.8. The summed E-state index contributed by atoms with van der Waals surface area (Å²) in [4.78, 5) is 24.5. The average molecular weight is 277 g/mol. The molecule has 1 aromatic rings. The number of alkyl halides is 1. The number of fused-ring (bicyclic) bond motifs is 1. The van der Waals surface area contributed by atoms with Crippen molar-refractivity contribution in [1.82, 2.24) is 4.90 Å². The van der Waals surface area contributed by atoms with Crippen LogP contribution in [0.3, 0.4) is 0 Å². The number of hydrogen-bond acceptors (Lipinski definition) is 2. The van der Waals surface area contributed by atoms with Crippen molar-refractivity contribution in [2.75, 3.05) is 13.1 Å². The Balaban J connectivity index is 1.79. The number of halogens is 1. The topological polar surface area (TPSA) is 57.6 Å². The largest absolute Gasteiger partial charge is 0.479 e. The van der Waals surface area contributed by atoms with Gasteiger partial charge in [-0.2, -0.15) is 0 Å². The molecule has 2 aliphatic rings. The van der Waals surface area contributed by atoms with Gasteiger partial charge in [0.15, 0.2) is 0 Å². The van der Waals surface area contributed by atoms with Gasteiger partial charge in [0, 0.05) is 18.5 Å². The highest BCUT2D eigenvalue weighted by Gasteiger charge is 2.47. The molecule has 1 amide bonds. The van der Waals surface area contributed by atoms with E-state index in [1.165, 1.54) is 16.0 Å². The second kappa shape index (κ2) is 4.58. The molecule has 1 fully saturated rings. The first-order valence-corrected chi connectivity index (χ1v) is 6.83. The summed E-state index contributed by atoms with van der Waals surface area (Å²) in [5, 5.41) is 8.86. The molecule has 1 aliphatic heterocycles. The molecule has 4 nitrogen and oxygen atoms in total. The first-order chi connectivity index (χ1) is 9.49. The molecule has 0 saturated carbocycles. The Labute approximate surface area is 116 Å². The molecule has 0 aromatic heterocycles. The molecule has 0 spiro atoms. The predicted octanol–water partition coefficient (Wildman–Crippen LogP) is 1.81. The van der Waals surface area contributed by atoms with Crippen LogP contribution in [0, 0.1) is 0 Å². The average Bonchev–Trinajstić information content (AvgIpc) is 3.04. The molecular weight excluding hydrogens is 261 g/mol. The quantitative estimate of drug-likeness (QED) is 0.897. The molecule has 106 valence electrons. The molecule has 1 unspecified atom stereocenters. The zero-order chi connectivity index (χ0) is 14.3. The summed E-state index contributed by atoms with van der Waals surface area (Å²) in [5.74, 6) is -1.76. The summed E-state index contributed by atoms with van der Waals surface area (Å²) >= 11 is 0. The van der Waals surface area contributed by atoms with Crippen molar-refractivity contribution in [3.05, 3.63) is 34.9 Å². The number of benzene rings is 1. The summed E-state index contributed by atoms with van der Waals surface area (Å²) in [6.07, 6.45) is 2.97. The van der Waals surface area contributed by atoms with Gasteiger partial charge in [-0.15, -0.1) is 0 Å². The Morgan fingerprint density at radius 1 is 1.25 bits per heavy atom. The minimum atomic E-state index is -2.30. The Morgan fingerprint density at radius 2 is 2.00 bits per heavy atom. The van der Waals surface area contributed by atoms with E-state index in [0.29, 0.717) is 5.56 Å². The van der Waals surface area contributed by atoms with Crippen LogP contribution in [-0.2, 0) is 17.6 Å². The number of nitrogens with zero attached hydrogens (tertiary/aromatic N) is 1. The van der Waals surface area contributed by atoms with Gasteiger partial charge in [-0.25, -0.2) is 9.18 Å². The fraction of sp³-hybridized carbons (Fsp3) is 0.467. The van der Waals surface area contributed by atoms with Gasteiger partial charge in [0.1, 0.15) is 0 Å². The number of aliphatic carboxylic acids is 1. The molecule has 1 heterocycles.